The van der Waals surface area contributed by atoms with Crippen LogP contribution >= 0.6 is 11.8 Å². The Labute approximate surface area is 83.9 Å². The van der Waals surface area contributed by atoms with Crippen molar-refractivity contribution in [1.82, 2.24) is 0 Å². The second-order valence-electron chi connectivity index (χ2n) is 2.65. The summed E-state index contributed by atoms with van der Waals surface area (Å²) in [6.45, 7) is 0. The molecule has 1 N–H and O–H groups in total. The van der Waals surface area contributed by atoms with Gasteiger partial charge in [0.25, 0.3) is 0 Å². The summed E-state index contributed by atoms with van der Waals surface area (Å²) in [6, 6.07) is 1.95. The fourth-order valence-corrected chi connectivity index (χ4v) is 1.60. The van der Waals surface area contributed by atoms with E-state index in [0.29, 0.717) is 0 Å². The van der Waals surface area contributed by atoms with Crippen LogP contribution in [0.4, 0.5) is 8.78 Å². The van der Waals surface area contributed by atoms with Crippen LogP contribution in [0.3, 0.4) is 0 Å². The Morgan fingerprint density at radius 3 is 2.64 bits per heavy atom. The zero-order valence-corrected chi connectivity index (χ0v) is 8.20. The number of aliphatic carboxylic acids is 1. The van der Waals surface area contributed by atoms with Crippen molar-refractivity contribution in [2.45, 2.75) is 11.3 Å². The second-order valence-corrected chi connectivity index (χ2v) is 3.50. The molecule has 5 heteroatoms. The second kappa shape index (κ2) is 4.41. The van der Waals surface area contributed by atoms with Gasteiger partial charge in [-0.2, -0.15) is 0 Å². The van der Waals surface area contributed by atoms with Crippen LogP contribution in [0.2, 0.25) is 0 Å². The van der Waals surface area contributed by atoms with Gasteiger partial charge in [0, 0.05) is 10.5 Å². The minimum atomic E-state index is -1.18. The molecule has 0 amide bonds. The van der Waals surface area contributed by atoms with Crippen molar-refractivity contribution in [2.75, 3.05) is 6.26 Å². The SMILES string of the molecule is CSc1cc(F)cc(CC(=O)O)c1F. The van der Waals surface area contributed by atoms with Gasteiger partial charge in [0.2, 0.25) is 0 Å². The van der Waals surface area contributed by atoms with Crippen LogP contribution in [-0.4, -0.2) is 17.3 Å². The zero-order valence-electron chi connectivity index (χ0n) is 7.38. The number of thioether (sulfide) groups is 1. The first-order chi connectivity index (χ1) is 6.54. The van der Waals surface area contributed by atoms with E-state index in [1.165, 1.54) is 0 Å². The maximum atomic E-state index is 13.4. The third-order valence-electron chi connectivity index (χ3n) is 1.64. The highest BCUT2D eigenvalue weighted by molar-refractivity contribution is 7.98. The Morgan fingerprint density at radius 1 is 1.50 bits per heavy atom. The van der Waals surface area contributed by atoms with Gasteiger partial charge in [-0.25, -0.2) is 8.78 Å². The lowest BCUT2D eigenvalue weighted by Crippen LogP contribution is -2.04. The van der Waals surface area contributed by atoms with E-state index in [0.717, 1.165) is 23.9 Å². The molecule has 0 atom stereocenters. The van der Waals surface area contributed by atoms with Gasteiger partial charge in [-0.1, -0.05) is 0 Å². The molecule has 0 aliphatic heterocycles. The lowest BCUT2D eigenvalue weighted by Gasteiger charge is -2.04. The fraction of sp³-hybridized carbons (Fsp3) is 0.222. The summed E-state index contributed by atoms with van der Waals surface area (Å²) in [4.78, 5) is 10.5. The van der Waals surface area contributed by atoms with Crippen LogP contribution in [0.15, 0.2) is 17.0 Å². The third kappa shape index (κ3) is 2.45. The van der Waals surface area contributed by atoms with E-state index in [9.17, 15) is 13.6 Å². The minimum absolute atomic E-state index is 0.123. The van der Waals surface area contributed by atoms with E-state index in [-0.39, 0.29) is 10.5 Å². The topological polar surface area (TPSA) is 37.3 Å². The van der Waals surface area contributed by atoms with Crippen molar-refractivity contribution in [3.63, 3.8) is 0 Å². The Balaban J connectivity index is 3.15. The summed E-state index contributed by atoms with van der Waals surface area (Å²) in [5.41, 5.74) is -0.123. The lowest BCUT2D eigenvalue weighted by molar-refractivity contribution is -0.136. The Hall–Kier alpha value is -1.10. The van der Waals surface area contributed by atoms with Gasteiger partial charge in [0.05, 0.1) is 6.42 Å². The smallest absolute Gasteiger partial charge is 0.307 e. The van der Waals surface area contributed by atoms with Crippen LogP contribution < -0.4 is 0 Å². The van der Waals surface area contributed by atoms with Crippen molar-refractivity contribution in [3.8, 4) is 0 Å². The van der Waals surface area contributed by atoms with E-state index >= 15 is 0 Å². The molecular formula is C9H8F2O2S. The first kappa shape index (κ1) is 11.0. The molecule has 14 heavy (non-hydrogen) atoms. The summed E-state index contributed by atoms with van der Waals surface area (Å²) in [5, 5.41) is 8.45. The molecule has 1 rings (SSSR count). The van der Waals surface area contributed by atoms with E-state index < -0.39 is 24.0 Å². The summed E-state index contributed by atoms with van der Waals surface area (Å²) in [7, 11) is 0. The van der Waals surface area contributed by atoms with Gasteiger partial charge >= 0.3 is 5.97 Å². The zero-order chi connectivity index (χ0) is 10.7. The first-order valence-corrected chi connectivity index (χ1v) is 5.00. The lowest BCUT2D eigenvalue weighted by atomic mass is 10.1. The van der Waals surface area contributed by atoms with Crippen LogP contribution in [0, 0.1) is 11.6 Å². The number of hydrogen-bond donors (Lipinski definition) is 1. The van der Waals surface area contributed by atoms with Gasteiger partial charge in [-0.05, 0) is 18.4 Å². The quantitative estimate of drug-likeness (QED) is 0.791. The summed E-state index contributed by atoms with van der Waals surface area (Å²) in [5.74, 6) is -2.45. The van der Waals surface area contributed by atoms with Gasteiger partial charge in [0.1, 0.15) is 11.6 Å². The molecule has 0 radical (unpaired) electrons. The highest BCUT2D eigenvalue weighted by Crippen LogP contribution is 2.23. The van der Waals surface area contributed by atoms with E-state index in [1.807, 2.05) is 0 Å². The summed E-state index contributed by atoms with van der Waals surface area (Å²) in [6.07, 6.45) is 1.10. The van der Waals surface area contributed by atoms with E-state index in [4.69, 9.17) is 5.11 Å². The maximum absolute atomic E-state index is 13.4. The van der Waals surface area contributed by atoms with Gasteiger partial charge < -0.3 is 5.11 Å². The molecule has 0 saturated carbocycles. The Bertz CT molecular complexity index is 366. The molecular weight excluding hydrogens is 210 g/mol. The molecule has 0 bridgehead atoms. The number of carboxylic acids is 1. The van der Waals surface area contributed by atoms with E-state index in [2.05, 4.69) is 0 Å². The molecule has 0 aromatic heterocycles. The van der Waals surface area contributed by atoms with Gasteiger partial charge in [-0.15, -0.1) is 11.8 Å². The number of carboxylic acid groups (broad SMARTS) is 1. The molecule has 0 saturated heterocycles. The van der Waals surface area contributed by atoms with Gasteiger partial charge in [-0.3, -0.25) is 4.79 Å². The van der Waals surface area contributed by atoms with Crippen molar-refractivity contribution >= 4 is 17.7 Å². The molecule has 0 spiro atoms. The number of benzene rings is 1. The molecule has 76 valence electrons. The molecule has 0 unspecified atom stereocenters. The van der Waals surface area contributed by atoms with Crippen molar-refractivity contribution in [3.05, 3.63) is 29.3 Å². The average Bonchev–Trinajstić information content (AvgIpc) is 2.09. The molecule has 1 aromatic carbocycles. The van der Waals surface area contributed by atoms with Crippen molar-refractivity contribution < 1.29 is 18.7 Å². The minimum Gasteiger partial charge on any atom is -0.481 e. The number of halogens is 2. The number of hydrogen-bond acceptors (Lipinski definition) is 2. The van der Waals surface area contributed by atoms with Crippen LogP contribution in [0.1, 0.15) is 5.56 Å². The normalized spacial score (nSPS) is 10.2. The van der Waals surface area contributed by atoms with Crippen LogP contribution in [-0.2, 0) is 11.2 Å². The molecule has 2 nitrogen and oxygen atoms in total. The summed E-state index contributed by atoms with van der Waals surface area (Å²) < 4.78 is 26.2. The number of rotatable bonds is 3. The average molecular weight is 218 g/mol. The predicted molar refractivity (Wildman–Crippen MR) is 49.5 cm³/mol. The van der Waals surface area contributed by atoms with Crippen molar-refractivity contribution in [2.24, 2.45) is 0 Å². The standard InChI is InChI=1S/C9H8F2O2S/c1-14-7-4-6(10)2-5(9(7)11)3-8(12)13/h2,4H,3H2,1H3,(H,12,13). The predicted octanol–water partition coefficient (Wildman–Crippen LogP) is 2.31. The summed E-state index contributed by atoms with van der Waals surface area (Å²) >= 11 is 1.04. The highest BCUT2D eigenvalue weighted by atomic mass is 32.2. The molecule has 0 heterocycles. The fourth-order valence-electron chi connectivity index (χ4n) is 1.06. The largest absolute Gasteiger partial charge is 0.481 e. The van der Waals surface area contributed by atoms with Crippen molar-refractivity contribution in [1.29, 1.82) is 0 Å². The van der Waals surface area contributed by atoms with Crippen LogP contribution in [0.5, 0.6) is 0 Å². The van der Waals surface area contributed by atoms with E-state index in [1.54, 1.807) is 6.26 Å². The molecule has 0 aliphatic carbocycles. The monoisotopic (exact) mass is 218 g/mol. The number of carbonyl (C=O) groups is 1. The maximum Gasteiger partial charge on any atom is 0.307 e. The Morgan fingerprint density at radius 2 is 2.14 bits per heavy atom. The molecule has 0 aliphatic rings. The Kier molecular flexibility index (Phi) is 3.46. The van der Waals surface area contributed by atoms with Gasteiger partial charge in [0.15, 0.2) is 0 Å². The highest BCUT2D eigenvalue weighted by Gasteiger charge is 2.12. The molecule has 0 fully saturated rings. The molecule has 1 aromatic rings. The first-order valence-electron chi connectivity index (χ1n) is 3.78. The van der Waals surface area contributed by atoms with Crippen LogP contribution in [0.25, 0.3) is 0 Å². The third-order valence-corrected chi connectivity index (χ3v) is 2.38.